The van der Waals surface area contributed by atoms with Crippen molar-refractivity contribution in [2.45, 2.75) is 71.2 Å². The lowest BCUT2D eigenvalue weighted by molar-refractivity contribution is 0.388. The van der Waals surface area contributed by atoms with Crippen LogP contribution in [0.15, 0.2) is 59.0 Å². The summed E-state index contributed by atoms with van der Waals surface area (Å²) in [6.07, 6.45) is 0. The van der Waals surface area contributed by atoms with Crippen molar-refractivity contribution >= 4 is 16.2 Å². The number of hydrogen-bond acceptors (Lipinski definition) is 3. The number of rotatable bonds is 8. The van der Waals surface area contributed by atoms with Gasteiger partial charge in [0.1, 0.15) is 5.69 Å². The molecule has 0 N–H and O–H groups in total. The molecular formula is C26H36NO2PSi. The van der Waals surface area contributed by atoms with E-state index in [1.807, 2.05) is 30.3 Å². The quantitative estimate of drug-likeness (QED) is 0.254. The van der Waals surface area contributed by atoms with Gasteiger partial charge < -0.3 is 8.84 Å². The molecule has 0 saturated heterocycles. The van der Waals surface area contributed by atoms with Gasteiger partial charge in [-0.2, -0.15) is 0 Å². The first-order valence-corrected chi connectivity index (χ1v) is 16.1. The fourth-order valence-corrected chi connectivity index (χ4v) is 8.01. The van der Waals surface area contributed by atoms with Crippen molar-refractivity contribution in [3.05, 3.63) is 71.4 Å². The van der Waals surface area contributed by atoms with E-state index in [1.54, 1.807) is 0 Å². The zero-order valence-electron chi connectivity index (χ0n) is 20.1. The zero-order valence-corrected chi connectivity index (χ0v) is 22.0. The molecule has 5 heteroatoms. The van der Waals surface area contributed by atoms with Crippen LogP contribution in [0.3, 0.4) is 0 Å². The van der Waals surface area contributed by atoms with Gasteiger partial charge in [-0.05, 0) is 55.6 Å². The fraction of sp³-hybridized carbons (Fsp3) is 0.423. The Morgan fingerprint density at radius 2 is 1.45 bits per heavy atom. The number of aromatic nitrogens is 1. The molecule has 0 saturated carbocycles. The molecule has 0 aliphatic carbocycles. The summed E-state index contributed by atoms with van der Waals surface area (Å²) in [7, 11) is -2.29. The van der Waals surface area contributed by atoms with E-state index < -0.39 is 16.2 Å². The van der Waals surface area contributed by atoms with Crippen molar-refractivity contribution in [2.24, 2.45) is 0 Å². The fourth-order valence-electron chi connectivity index (χ4n) is 3.96. The summed E-state index contributed by atoms with van der Waals surface area (Å²) >= 11 is 0. The maximum atomic E-state index is 6.49. The van der Waals surface area contributed by atoms with Crippen LogP contribution in [0.1, 0.15) is 50.2 Å². The number of hydrogen-bond donors (Lipinski definition) is 0. The Balaban J connectivity index is 2.23. The molecule has 0 aliphatic heterocycles. The molecule has 0 bridgehead atoms. The summed E-state index contributed by atoms with van der Waals surface area (Å²) in [6, 6.07) is 19.1. The van der Waals surface area contributed by atoms with Gasteiger partial charge in [0.15, 0.2) is 0 Å². The number of benzene rings is 2. The van der Waals surface area contributed by atoms with Crippen LogP contribution in [0.25, 0.3) is 11.5 Å². The third-order valence-electron chi connectivity index (χ3n) is 5.18. The molecule has 3 rings (SSSR count). The van der Waals surface area contributed by atoms with E-state index in [0.29, 0.717) is 23.2 Å². The van der Waals surface area contributed by atoms with Crippen molar-refractivity contribution in [1.29, 1.82) is 0 Å². The van der Waals surface area contributed by atoms with Gasteiger partial charge in [0.05, 0.1) is 5.66 Å². The topological polar surface area (TPSA) is 35.3 Å². The minimum Gasteiger partial charge on any atom is -0.518 e. The summed E-state index contributed by atoms with van der Waals surface area (Å²) in [5.41, 5.74) is 5.78. The second-order valence-corrected chi connectivity index (χ2v) is 17.6. The predicted octanol–water partition coefficient (Wildman–Crippen LogP) is 8.25. The number of aryl methyl sites for hydroxylation is 1. The van der Waals surface area contributed by atoms with Gasteiger partial charge in [-0.15, -0.1) is 0 Å². The van der Waals surface area contributed by atoms with E-state index in [-0.39, 0.29) is 5.66 Å². The van der Waals surface area contributed by atoms with Crippen LogP contribution >= 0.6 is 7.92 Å². The molecule has 31 heavy (non-hydrogen) atoms. The normalized spacial score (nSPS) is 13.3. The molecule has 3 aromatic rings. The Kier molecular flexibility index (Phi) is 7.44. The average molecular weight is 454 g/mol. The number of oxazole rings is 1. The van der Waals surface area contributed by atoms with Crippen molar-refractivity contribution in [3.8, 4) is 17.4 Å². The summed E-state index contributed by atoms with van der Waals surface area (Å²) in [5, 5.41) is 0. The van der Waals surface area contributed by atoms with E-state index >= 15 is 0 Å². The maximum Gasteiger partial charge on any atom is 0.296 e. The molecule has 0 fully saturated rings. The SMILES string of the molecule is Cc1ccc(C(c2nc(-c3ccccc3)oc2O[Si](C)(C)C)P(C(C)C)C(C)C)cc1. The van der Waals surface area contributed by atoms with Crippen LogP contribution in [0.2, 0.25) is 19.6 Å². The van der Waals surface area contributed by atoms with Gasteiger partial charge in [0.25, 0.3) is 5.95 Å². The highest BCUT2D eigenvalue weighted by molar-refractivity contribution is 7.59. The lowest BCUT2D eigenvalue weighted by Crippen LogP contribution is -2.29. The smallest absolute Gasteiger partial charge is 0.296 e. The first-order valence-electron chi connectivity index (χ1n) is 11.2. The van der Waals surface area contributed by atoms with Gasteiger partial charge in [-0.1, -0.05) is 83.6 Å². The Bertz CT molecular complexity index is 967. The van der Waals surface area contributed by atoms with Crippen molar-refractivity contribution in [2.75, 3.05) is 0 Å². The molecule has 166 valence electrons. The largest absolute Gasteiger partial charge is 0.518 e. The third-order valence-corrected chi connectivity index (χ3v) is 9.50. The van der Waals surface area contributed by atoms with E-state index in [9.17, 15) is 0 Å². The molecule has 0 aliphatic rings. The first-order chi connectivity index (χ1) is 14.6. The molecule has 0 amide bonds. The van der Waals surface area contributed by atoms with Crippen LogP contribution in [0.5, 0.6) is 5.95 Å². The minimum absolute atomic E-state index is 0.170. The molecular weight excluding hydrogens is 417 g/mol. The predicted molar refractivity (Wildman–Crippen MR) is 136 cm³/mol. The van der Waals surface area contributed by atoms with Crippen molar-refractivity contribution in [1.82, 2.24) is 4.98 Å². The highest BCUT2D eigenvalue weighted by Crippen LogP contribution is 2.62. The van der Waals surface area contributed by atoms with Crippen LogP contribution in [0.4, 0.5) is 0 Å². The lowest BCUT2D eigenvalue weighted by atomic mass is 10.1. The van der Waals surface area contributed by atoms with Crippen LogP contribution in [-0.2, 0) is 0 Å². The molecule has 2 aromatic carbocycles. The molecule has 3 nitrogen and oxygen atoms in total. The van der Waals surface area contributed by atoms with Gasteiger partial charge in [-0.25, -0.2) is 4.98 Å². The average Bonchev–Trinajstić information content (AvgIpc) is 3.08. The van der Waals surface area contributed by atoms with Crippen LogP contribution in [0, 0.1) is 6.92 Å². The maximum absolute atomic E-state index is 6.49. The highest BCUT2D eigenvalue weighted by atomic mass is 31.1. The Hall–Kier alpha value is -1.90. The Morgan fingerprint density at radius 1 is 0.871 bits per heavy atom. The van der Waals surface area contributed by atoms with Crippen LogP contribution in [-0.4, -0.2) is 24.6 Å². The van der Waals surface area contributed by atoms with E-state index in [4.69, 9.17) is 13.8 Å². The van der Waals surface area contributed by atoms with Crippen LogP contribution < -0.4 is 4.43 Å². The molecule has 0 radical (unpaired) electrons. The first kappa shape index (κ1) is 23.8. The minimum atomic E-state index is -1.89. The van der Waals surface area contributed by atoms with Gasteiger partial charge in [-0.3, -0.25) is 0 Å². The zero-order chi connectivity index (χ0) is 22.8. The Morgan fingerprint density at radius 3 is 1.97 bits per heavy atom. The standard InChI is InChI=1S/C26H36NO2PSi/c1-18(2)30(19(3)4)24(21-16-14-20(5)15-17-21)23-26(29-31(6,7)8)28-25(27-23)22-12-10-9-11-13-22/h9-19,24H,1-8H3. The third kappa shape index (κ3) is 5.87. The molecule has 0 spiro atoms. The molecule has 1 aromatic heterocycles. The molecule has 1 heterocycles. The van der Waals surface area contributed by atoms with Crippen molar-refractivity contribution < 1.29 is 8.84 Å². The number of nitrogens with zero attached hydrogens (tertiary/aromatic N) is 1. The van der Waals surface area contributed by atoms with E-state index in [0.717, 1.165) is 11.3 Å². The molecule has 1 atom stereocenters. The summed E-state index contributed by atoms with van der Waals surface area (Å²) in [5.74, 6) is 1.25. The van der Waals surface area contributed by atoms with E-state index in [1.165, 1.54) is 11.1 Å². The Labute approximate surface area is 190 Å². The van der Waals surface area contributed by atoms with Gasteiger partial charge in [0, 0.05) is 5.56 Å². The highest BCUT2D eigenvalue weighted by Gasteiger charge is 2.36. The monoisotopic (exact) mass is 453 g/mol. The lowest BCUT2D eigenvalue weighted by Gasteiger charge is -2.34. The molecule has 1 unspecified atom stereocenters. The van der Waals surface area contributed by atoms with Gasteiger partial charge >= 0.3 is 0 Å². The van der Waals surface area contributed by atoms with E-state index in [2.05, 4.69) is 78.5 Å². The van der Waals surface area contributed by atoms with Gasteiger partial charge in [0.2, 0.25) is 14.2 Å². The summed E-state index contributed by atoms with van der Waals surface area (Å²) in [4.78, 5) is 5.10. The summed E-state index contributed by atoms with van der Waals surface area (Å²) < 4.78 is 12.8. The second kappa shape index (κ2) is 9.71. The summed E-state index contributed by atoms with van der Waals surface area (Å²) in [6.45, 7) is 18.1. The van der Waals surface area contributed by atoms with Crippen molar-refractivity contribution in [3.63, 3.8) is 0 Å². The second-order valence-electron chi connectivity index (χ2n) is 9.72.